The molecule has 28 heavy (non-hydrogen) atoms. The Morgan fingerprint density at radius 3 is 2.54 bits per heavy atom. The Bertz CT molecular complexity index is 1100. The normalized spacial score (nSPS) is 15.4. The van der Waals surface area contributed by atoms with Gasteiger partial charge >= 0.3 is 0 Å². The lowest BCUT2D eigenvalue weighted by Gasteiger charge is -2.34. The van der Waals surface area contributed by atoms with E-state index in [4.69, 9.17) is 0 Å². The van der Waals surface area contributed by atoms with E-state index in [0.29, 0.717) is 5.69 Å². The summed E-state index contributed by atoms with van der Waals surface area (Å²) < 4.78 is 1.89. The molecule has 3 heterocycles. The Morgan fingerprint density at radius 1 is 0.893 bits per heavy atom. The fourth-order valence-corrected chi connectivity index (χ4v) is 3.98. The van der Waals surface area contributed by atoms with Gasteiger partial charge in [0.25, 0.3) is 5.91 Å². The van der Waals surface area contributed by atoms with Gasteiger partial charge in [0.15, 0.2) is 0 Å². The highest BCUT2D eigenvalue weighted by molar-refractivity contribution is 5.93. The summed E-state index contributed by atoms with van der Waals surface area (Å²) in [6.45, 7) is 4.14. The van der Waals surface area contributed by atoms with Crippen LogP contribution >= 0.6 is 0 Å². The Hall–Kier alpha value is -3.18. The Balaban J connectivity index is 1.26. The monoisotopic (exact) mass is 370 g/mol. The van der Waals surface area contributed by atoms with Gasteiger partial charge in [-0.1, -0.05) is 48.5 Å². The zero-order valence-corrected chi connectivity index (χ0v) is 15.7. The van der Waals surface area contributed by atoms with E-state index < -0.39 is 0 Å². The van der Waals surface area contributed by atoms with Gasteiger partial charge in [0.2, 0.25) is 0 Å². The van der Waals surface area contributed by atoms with Crippen LogP contribution in [0.4, 0.5) is 0 Å². The fraction of sp³-hybridized carbons (Fsp3) is 0.217. The van der Waals surface area contributed by atoms with Crippen molar-refractivity contribution in [3.05, 3.63) is 84.3 Å². The zero-order valence-electron chi connectivity index (χ0n) is 15.7. The van der Waals surface area contributed by atoms with Crippen LogP contribution in [0.2, 0.25) is 0 Å². The van der Waals surface area contributed by atoms with E-state index in [1.165, 1.54) is 16.3 Å². The minimum Gasteiger partial charge on any atom is -0.335 e. The van der Waals surface area contributed by atoms with E-state index in [1.54, 1.807) is 0 Å². The zero-order chi connectivity index (χ0) is 18.9. The minimum atomic E-state index is 0.0218. The van der Waals surface area contributed by atoms with Crippen LogP contribution in [-0.4, -0.2) is 51.3 Å². The molecule has 4 aromatic rings. The topological polar surface area (TPSA) is 40.9 Å². The molecule has 1 aliphatic rings. The molecule has 0 saturated carbocycles. The molecule has 5 heteroatoms. The summed E-state index contributed by atoms with van der Waals surface area (Å²) in [5, 5.41) is 2.59. The number of benzene rings is 2. The molecule has 1 fully saturated rings. The summed E-state index contributed by atoms with van der Waals surface area (Å²) in [6.07, 6.45) is 3.74. The summed E-state index contributed by atoms with van der Waals surface area (Å²) in [5.74, 6) is 0.0218. The van der Waals surface area contributed by atoms with E-state index in [-0.39, 0.29) is 5.91 Å². The summed E-state index contributed by atoms with van der Waals surface area (Å²) in [7, 11) is 0. The second-order valence-electron chi connectivity index (χ2n) is 7.30. The smallest absolute Gasteiger partial charge is 0.274 e. The van der Waals surface area contributed by atoms with E-state index in [9.17, 15) is 4.79 Å². The van der Waals surface area contributed by atoms with E-state index in [2.05, 4.69) is 52.3 Å². The number of fused-ring (bicyclic) bond motifs is 2. The predicted molar refractivity (Wildman–Crippen MR) is 110 cm³/mol. The van der Waals surface area contributed by atoms with Gasteiger partial charge in [0, 0.05) is 45.1 Å². The molecule has 0 unspecified atom stereocenters. The summed E-state index contributed by atoms with van der Waals surface area (Å²) >= 11 is 0. The first kappa shape index (κ1) is 17.0. The number of rotatable bonds is 3. The number of piperazine rings is 1. The van der Waals surface area contributed by atoms with Crippen molar-refractivity contribution >= 4 is 22.3 Å². The van der Waals surface area contributed by atoms with Gasteiger partial charge in [-0.2, -0.15) is 0 Å². The molecule has 1 aliphatic heterocycles. The molecule has 140 valence electrons. The van der Waals surface area contributed by atoms with Crippen molar-refractivity contribution in [1.29, 1.82) is 0 Å². The average Bonchev–Trinajstić information content (AvgIpc) is 3.18. The molecular formula is C23H22N4O. The summed E-state index contributed by atoms with van der Waals surface area (Å²) in [6, 6.07) is 20.8. The first-order valence-electron chi connectivity index (χ1n) is 9.70. The van der Waals surface area contributed by atoms with Gasteiger partial charge in [0.05, 0.1) is 0 Å². The highest BCUT2D eigenvalue weighted by Crippen LogP contribution is 2.21. The minimum absolute atomic E-state index is 0.0218. The Morgan fingerprint density at radius 2 is 1.68 bits per heavy atom. The van der Waals surface area contributed by atoms with Crippen molar-refractivity contribution in [3.8, 4) is 0 Å². The molecule has 5 nitrogen and oxygen atoms in total. The molecule has 0 N–H and O–H groups in total. The van der Waals surface area contributed by atoms with Gasteiger partial charge in [-0.25, -0.2) is 4.98 Å². The summed E-state index contributed by atoms with van der Waals surface area (Å²) in [5.41, 5.74) is 2.67. The largest absolute Gasteiger partial charge is 0.335 e. The lowest BCUT2D eigenvalue weighted by Crippen LogP contribution is -2.48. The van der Waals surface area contributed by atoms with Gasteiger partial charge in [0.1, 0.15) is 11.3 Å². The highest BCUT2D eigenvalue weighted by atomic mass is 16.2. The van der Waals surface area contributed by atoms with Crippen LogP contribution in [0.1, 0.15) is 16.1 Å². The molecule has 0 aliphatic carbocycles. The standard InChI is InChI=1S/C23H22N4O/c28-23(21-17-27-11-4-3-10-22(27)24-21)26-14-12-25(13-15-26)16-19-8-5-7-18-6-1-2-9-20(18)19/h1-11,17H,12-16H2. The van der Waals surface area contributed by atoms with Crippen LogP contribution in [0.25, 0.3) is 16.4 Å². The van der Waals surface area contributed by atoms with Crippen LogP contribution in [0.5, 0.6) is 0 Å². The van der Waals surface area contributed by atoms with E-state index >= 15 is 0 Å². The number of imidazole rings is 1. The van der Waals surface area contributed by atoms with Crippen molar-refractivity contribution in [2.24, 2.45) is 0 Å². The molecule has 2 aromatic heterocycles. The molecule has 1 saturated heterocycles. The number of aromatic nitrogens is 2. The molecule has 2 aromatic carbocycles. The van der Waals surface area contributed by atoms with Crippen molar-refractivity contribution in [3.63, 3.8) is 0 Å². The molecular weight excluding hydrogens is 348 g/mol. The van der Waals surface area contributed by atoms with E-state index in [1.807, 2.05) is 39.9 Å². The third kappa shape index (κ3) is 3.14. The SMILES string of the molecule is O=C(c1cn2ccccc2n1)N1CCN(Cc2cccc3ccccc23)CC1. The summed E-state index contributed by atoms with van der Waals surface area (Å²) in [4.78, 5) is 21.7. The maximum atomic E-state index is 12.8. The Kier molecular flexibility index (Phi) is 4.29. The number of nitrogens with zero attached hydrogens (tertiary/aromatic N) is 4. The molecule has 0 bridgehead atoms. The number of carbonyl (C=O) groups is 1. The Labute approximate surface area is 163 Å². The first-order chi connectivity index (χ1) is 13.8. The second kappa shape index (κ2) is 7.09. The second-order valence-corrected chi connectivity index (χ2v) is 7.30. The van der Waals surface area contributed by atoms with Crippen LogP contribution in [-0.2, 0) is 6.54 Å². The highest BCUT2D eigenvalue weighted by Gasteiger charge is 2.24. The quantitative estimate of drug-likeness (QED) is 0.555. The van der Waals surface area contributed by atoms with Crippen LogP contribution in [0.15, 0.2) is 73.1 Å². The molecule has 1 amide bonds. The van der Waals surface area contributed by atoms with Gasteiger partial charge in [-0.15, -0.1) is 0 Å². The number of hydrogen-bond donors (Lipinski definition) is 0. The lowest BCUT2D eigenvalue weighted by atomic mass is 10.0. The van der Waals surface area contributed by atoms with Crippen LogP contribution in [0.3, 0.4) is 0 Å². The third-order valence-corrected chi connectivity index (χ3v) is 5.52. The fourth-order valence-electron chi connectivity index (χ4n) is 3.98. The molecule has 5 rings (SSSR count). The third-order valence-electron chi connectivity index (χ3n) is 5.52. The van der Waals surface area contributed by atoms with Gasteiger partial charge in [-0.05, 0) is 28.5 Å². The van der Waals surface area contributed by atoms with Crippen LogP contribution < -0.4 is 0 Å². The maximum Gasteiger partial charge on any atom is 0.274 e. The maximum absolute atomic E-state index is 12.8. The predicted octanol–water partition coefficient (Wildman–Crippen LogP) is 3.45. The lowest BCUT2D eigenvalue weighted by molar-refractivity contribution is 0.0624. The number of amides is 1. The molecule has 0 radical (unpaired) electrons. The van der Waals surface area contributed by atoms with Gasteiger partial charge in [-0.3, -0.25) is 9.69 Å². The first-order valence-corrected chi connectivity index (χ1v) is 9.70. The number of pyridine rings is 1. The number of hydrogen-bond acceptors (Lipinski definition) is 3. The van der Waals surface area contributed by atoms with Crippen molar-refractivity contribution in [2.75, 3.05) is 26.2 Å². The van der Waals surface area contributed by atoms with E-state index in [0.717, 1.165) is 38.4 Å². The molecule has 0 atom stereocenters. The van der Waals surface area contributed by atoms with Crippen molar-refractivity contribution in [1.82, 2.24) is 19.2 Å². The average molecular weight is 370 g/mol. The van der Waals surface area contributed by atoms with Crippen LogP contribution in [0, 0.1) is 0 Å². The molecule has 0 spiro atoms. The van der Waals surface area contributed by atoms with Crippen molar-refractivity contribution < 1.29 is 4.79 Å². The van der Waals surface area contributed by atoms with Gasteiger partial charge < -0.3 is 9.30 Å². The van der Waals surface area contributed by atoms with Crippen molar-refractivity contribution in [2.45, 2.75) is 6.54 Å². The number of carbonyl (C=O) groups excluding carboxylic acids is 1.